The lowest BCUT2D eigenvalue weighted by atomic mass is 9.90. The first-order valence-corrected chi connectivity index (χ1v) is 10.6. The molecule has 0 fully saturated rings. The zero-order valence-corrected chi connectivity index (χ0v) is 16.1. The number of sulfonamides is 1. The molecule has 0 radical (unpaired) electrons. The van der Waals surface area contributed by atoms with Crippen LogP contribution in [0.1, 0.15) is 22.8 Å². The van der Waals surface area contributed by atoms with Crippen molar-refractivity contribution in [2.45, 2.75) is 12.5 Å². The van der Waals surface area contributed by atoms with Crippen LogP contribution < -0.4 is 10.0 Å². The van der Waals surface area contributed by atoms with Gasteiger partial charge in [-0.2, -0.15) is 0 Å². The van der Waals surface area contributed by atoms with E-state index in [0.717, 1.165) is 11.1 Å². The fourth-order valence-electron chi connectivity index (χ4n) is 2.86. The van der Waals surface area contributed by atoms with Crippen LogP contribution in [0.3, 0.4) is 0 Å². The van der Waals surface area contributed by atoms with Crippen molar-refractivity contribution in [1.82, 2.24) is 10.0 Å². The molecule has 0 unspecified atom stereocenters. The number of nitrogens with one attached hydrogen (secondary N) is 2. The number of hydrogen-bond acceptors (Lipinski definition) is 4. The summed E-state index contributed by atoms with van der Waals surface area (Å²) in [6.45, 7) is 0.0996. The maximum absolute atomic E-state index is 12.8. The predicted molar refractivity (Wildman–Crippen MR) is 107 cm³/mol. The van der Waals surface area contributed by atoms with Crippen LogP contribution in [0.5, 0.6) is 0 Å². The molecule has 3 rings (SSSR count). The fourth-order valence-corrected chi connectivity index (χ4v) is 3.74. The van der Waals surface area contributed by atoms with Crippen LogP contribution in [-0.2, 0) is 21.4 Å². The minimum atomic E-state index is -3.53. The molecule has 1 amide bonds. The summed E-state index contributed by atoms with van der Waals surface area (Å²) in [6.07, 6.45) is 1.48. The van der Waals surface area contributed by atoms with Crippen LogP contribution in [0.4, 0.5) is 0 Å². The van der Waals surface area contributed by atoms with E-state index in [-0.39, 0.29) is 24.7 Å². The summed E-state index contributed by atoms with van der Waals surface area (Å²) in [5.74, 6) is -0.420. The molecule has 0 atom stereocenters. The van der Waals surface area contributed by atoms with Gasteiger partial charge in [0, 0.05) is 6.54 Å². The molecular formula is C21H22N2O4S. The maximum Gasteiger partial charge on any atom is 0.232 e. The van der Waals surface area contributed by atoms with Crippen molar-refractivity contribution in [3.8, 4) is 0 Å². The standard InChI is InChI=1S/C21H22N2O4S/c24-21(22-13-15-28(25,26)23-16-19-12-7-14-27-19)20(17-8-3-1-4-9-17)18-10-5-2-6-11-18/h1-12,14,20,23H,13,15-16H2,(H,22,24). The van der Waals surface area contributed by atoms with E-state index in [9.17, 15) is 13.2 Å². The van der Waals surface area contributed by atoms with Crippen molar-refractivity contribution in [1.29, 1.82) is 0 Å². The molecule has 0 saturated carbocycles. The predicted octanol–water partition coefficient (Wildman–Crippen LogP) is 2.65. The molecule has 1 heterocycles. The highest BCUT2D eigenvalue weighted by Gasteiger charge is 2.22. The van der Waals surface area contributed by atoms with Crippen molar-refractivity contribution in [2.24, 2.45) is 0 Å². The molecule has 6 nitrogen and oxygen atoms in total. The van der Waals surface area contributed by atoms with Gasteiger partial charge >= 0.3 is 0 Å². The van der Waals surface area contributed by atoms with Crippen LogP contribution in [0.25, 0.3) is 0 Å². The van der Waals surface area contributed by atoms with Crippen LogP contribution in [0.2, 0.25) is 0 Å². The third-order valence-corrected chi connectivity index (χ3v) is 5.57. The van der Waals surface area contributed by atoms with E-state index in [1.165, 1.54) is 6.26 Å². The van der Waals surface area contributed by atoms with Gasteiger partial charge in [0.25, 0.3) is 0 Å². The van der Waals surface area contributed by atoms with E-state index in [2.05, 4.69) is 10.0 Å². The highest BCUT2D eigenvalue weighted by molar-refractivity contribution is 7.89. The number of amides is 1. The molecule has 1 aromatic heterocycles. The highest BCUT2D eigenvalue weighted by atomic mass is 32.2. The largest absolute Gasteiger partial charge is 0.468 e. The number of carbonyl (C=O) groups excluding carboxylic acids is 1. The molecule has 0 aliphatic rings. The van der Waals surface area contributed by atoms with E-state index in [1.54, 1.807) is 12.1 Å². The summed E-state index contributed by atoms with van der Waals surface area (Å²) in [5, 5.41) is 2.75. The monoisotopic (exact) mass is 398 g/mol. The molecular weight excluding hydrogens is 376 g/mol. The minimum Gasteiger partial charge on any atom is -0.468 e. The van der Waals surface area contributed by atoms with E-state index in [1.807, 2.05) is 60.7 Å². The molecule has 2 aromatic carbocycles. The SMILES string of the molecule is O=C(NCCS(=O)(=O)NCc1ccco1)C(c1ccccc1)c1ccccc1. The summed E-state index contributed by atoms with van der Waals surface area (Å²) >= 11 is 0. The second kappa shape index (κ2) is 9.34. The van der Waals surface area contributed by atoms with E-state index in [0.29, 0.717) is 5.76 Å². The van der Waals surface area contributed by atoms with Gasteiger partial charge in [-0.05, 0) is 23.3 Å². The molecule has 0 spiro atoms. The van der Waals surface area contributed by atoms with Gasteiger partial charge in [-0.25, -0.2) is 13.1 Å². The molecule has 146 valence electrons. The lowest BCUT2D eigenvalue weighted by Crippen LogP contribution is -2.36. The number of rotatable bonds is 9. The fraction of sp³-hybridized carbons (Fsp3) is 0.190. The molecule has 28 heavy (non-hydrogen) atoms. The summed E-state index contributed by atoms with van der Waals surface area (Å²) in [6, 6.07) is 22.2. The Morgan fingerprint density at radius 1 is 0.893 bits per heavy atom. The van der Waals surface area contributed by atoms with Gasteiger partial charge in [-0.1, -0.05) is 60.7 Å². The molecule has 3 aromatic rings. The van der Waals surface area contributed by atoms with Gasteiger partial charge in [0.05, 0.1) is 24.5 Å². The first-order chi connectivity index (χ1) is 13.6. The average molecular weight is 398 g/mol. The summed E-state index contributed by atoms with van der Waals surface area (Å²) in [4.78, 5) is 12.8. The van der Waals surface area contributed by atoms with Gasteiger partial charge in [-0.15, -0.1) is 0 Å². The quantitative estimate of drug-likeness (QED) is 0.580. The lowest BCUT2D eigenvalue weighted by Gasteiger charge is -2.18. The number of benzene rings is 2. The number of carbonyl (C=O) groups is 1. The Bertz CT molecular complexity index is 932. The van der Waals surface area contributed by atoms with Crippen LogP contribution >= 0.6 is 0 Å². The summed E-state index contributed by atoms with van der Waals surface area (Å²) in [5.41, 5.74) is 1.70. The van der Waals surface area contributed by atoms with Crippen LogP contribution in [-0.4, -0.2) is 26.6 Å². The van der Waals surface area contributed by atoms with Crippen molar-refractivity contribution in [3.63, 3.8) is 0 Å². The van der Waals surface area contributed by atoms with Crippen molar-refractivity contribution >= 4 is 15.9 Å². The van der Waals surface area contributed by atoms with Crippen molar-refractivity contribution in [2.75, 3.05) is 12.3 Å². The minimum absolute atomic E-state index is 0.0164. The third kappa shape index (κ3) is 5.55. The molecule has 7 heteroatoms. The van der Waals surface area contributed by atoms with E-state index < -0.39 is 15.9 Å². The average Bonchev–Trinajstić information content (AvgIpc) is 3.22. The first kappa shape index (κ1) is 19.9. The first-order valence-electron chi connectivity index (χ1n) is 8.92. The second-order valence-electron chi connectivity index (χ2n) is 6.26. The van der Waals surface area contributed by atoms with Gasteiger partial charge in [0.15, 0.2) is 0 Å². The van der Waals surface area contributed by atoms with Crippen LogP contribution in [0.15, 0.2) is 83.5 Å². The topological polar surface area (TPSA) is 88.4 Å². The van der Waals surface area contributed by atoms with E-state index in [4.69, 9.17) is 4.42 Å². The lowest BCUT2D eigenvalue weighted by molar-refractivity contribution is -0.121. The smallest absolute Gasteiger partial charge is 0.232 e. The Balaban J connectivity index is 1.61. The Morgan fingerprint density at radius 2 is 1.50 bits per heavy atom. The van der Waals surface area contributed by atoms with Gasteiger partial charge in [-0.3, -0.25) is 4.79 Å². The number of furan rings is 1. The van der Waals surface area contributed by atoms with E-state index >= 15 is 0 Å². The van der Waals surface area contributed by atoms with Crippen LogP contribution in [0, 0.1) is 0 Å². The zero-order valence-electron chi connectivity index (χ0n) is 15.2. The molecule has 2 N–H and O–H groups in total. The normalized spacial score (nSPS) is 11.5. The maximum atomic E-state index is 12.8. The van der Waals surface area contributed by atoms with Gasteiger partial charge in [0.1, 0.15) is 5.76 Å². The van der Waals surface area contributed by atoms with Gasteiger partial charge in [0.2, 0.25) is 15.9 Å². The molecule has 0 bridgehead atoms. The highest BCUT2D eigenvalue weighted by Crippen LogP contribution is 2.24. The number of hydrogen-bond donors (Lipinski definition) is 2. The van der Waals surface area contributed by atoms with Gasteiger partial charge < -0.3 is 9.73 Å². The summed E-state index contributed by atoms with van der Waals surface area (Å²) < 4.78 is 31.8. The Labute approximate surface area is 164 Å². The molecule has 0 saturated heterocycles. The van der Waals surface area contributed by atoms with Crippen molar-refractivity contribution < 1.29 is 17.6 Å². The molecule has 0 aliphatic carbocycles. The Morgan fingerprint density at radius 3 is 2.04 bits per heavy atom. The summed E-state index contributed by atoms with van der Waals surface area (Å²) in [7, 11) is -3.53. The third-order valence-electron chi connectivity index (χ3n) is 4.24. The van der Waals surface area contributed by atoms with Crippen molar-refractivity contribution in [3.05, 3.63) is 95.9 Å². The Kier molecular flexibility index (Phi) is 6.62. The second-order valence-corrected chi connectivity index (χ2v) is 8.19. The molecule has 0 aliphatic heterocycles. The zero-order chi connectivity index (χ0) is 19.8. The Hall–Kier alpha value is -2.90.